The summed E-state index contributed by atoms with van der Waals surface area (Å²) in [6.45, 7) is 9.54. The second-order valence-electron chi connectivity index (χ2n) is 4.91. The first-order chi connectivity index (χ1) is 10.2. The Morgan fingerprint density at radius 2 is 1.67 bits per heavy atom. The molecule has 0 radical (unpaired) electrons. The van der Waals surface area contributed by atoms with E-state index in [9.17, 15) is 0 Å². The van der Waals surface area contributed by atoms with E-state index in [2.05, 4.69) is 26.0 Å². The summed E-state index contributed by atoms with van der Waals surface area (Å²) < 4.78 is 11.4. The molecule has 0 fully saturated rings. The summed E-state index contributed by atoms with van der Waals surface area (Å²) in [5, 5.41) is 0.660. The van der Waals surface area contributed by atoms with E-state index in [1.807, 2.05) is 26.0 Å². The number of ether oxygens (including phenoxy) is 2. The fourth-order valence-electron chi connectivity index (χ4n) is 2.36. The van der Waals surface area contributed by atoms with Crippen molar-refractivity contribution in [1.29, 1.82) is 0 Å². The van der Waals surface area contributed by atoms with Crippen LogP contribution in [0.1, 0.15) is 58.4 Å². The molecular formula is C18H27ClO2. The van der Waals surface area contributed by atoms with Crippen LogP contribution in [0.15, 0.2) is 24.3 Å². The lowest BCUT2D eigenvalue weighted by Gasteiger charge is -2.20. The summed E-state index contributed by atoms with van der Waals surface area (Å²) in [5.41, 5.74) is 1.17. The molecule has 0 aliphatic heterocycles. The standard InChI is InChI=1S/C18H27ClO2/c1-5-9-10-11-14(6-2)15-12-16(19)18(21-8-4)13-17(15)20-7-3/h9-10,12-14H,5-8,11H2,1-4H3/b10-9-. The highest BCUT2D eigenvalue weighted by Crippen LogP contribution is 2.39. The first-order valence-corrected chi connectivity index (χ1v) is 8.29. The van der Waals surface area contributed by atoms with Gasteiger partial charge in [-0.3, -0.25) is 0 Å². The van der Waals surface area contributed by atoms with E-state index in [-0.39, 0.29) is 0 Å². The molecule has 1 atom stereocenters. The summed E-state index contributed by atoms with van der Waals surface area (Å²) >= 11 is 6.34. The van der Waals surface area contributed by atoms with Crippen molar-refractivity contribution in [2.75, 3.05) is 13.2 Å². The van der Waals surface area contributed by atoms with Gasteiger partial charge in [-0.05, 0) is 50.7 Å². The van der Waals surface area contributed by atoms with Crippen molar-refractivity contribution in [2.24, 2.45) is 0 Å². The predicted octanol–water partition coefficient (Wildman–Crippen LogP) is 5.99. The zero-order valence-electron chi connectivity index (χ0n) is 13.6. The average molecular weight is 311 g/mol. The van der Waals surface area contributed by atoms with Gasteiger partial charge in [0.1, 0.15) is 11.5 Å². The zero-order chi connectivity index (χ0) is 15.7. The van der Waals surface area contributed by atoms with Gasteiger partial charge in [0.25, 0.3) is 0 Å². The molecule has 1 aromatic carbocycles. The van der Waals surface area contributed by atoms with Gasteiger partial charge in [-0.15, -0.1) is 0 Å². The van der Waals surface area contributed by atoms with Crippen LogP contribution in [0, 0.1) is 0 Å². The van der Waals surface area contributed by atoms with E-state index in [0.717, 1.165) is 25.0 Å². The minimum Gasteiger partial charge on any atom is -0.493 e. The van der Waals surface area contributed by atoms with Gasteiger partial charge in [-0.2, -0.15) is 0 Å². The van der Waals surface area contributed by atoms with Crippen LogP contribution in [0.3, 0.4) is 0 Å². The van der Waals surface area contributed by atoms with Crippen LogP contribution >= 0.6 is 11.6 Å². The fraction of sp³-hybridized carbons (Fsp3) is 0.556. The van der Waals surface area contributed by atoms with Crippen molar-refractivity contribution in [3.63, 3.8) is 0 Å². The molecule has 0 amide bonds. The predicted molar refractivity (Wildman–Crippen MR) is 90.9 cm³/mol. The molecule has 0 spiro atoms. The van der Waals surface area contributed by atoms with Crippen LogP contribution in [0.4, 0.5) is 0 Å². The van der Waals surface area contributed by atoms with E-state index < -0.39 is 0 Å². The summed E-state index contributed by atoms with van der Waals surface area (Å²) in [7, 11) is 0. The van der Waals surface area contributed by atoms with E-state index >= 15 is 0 Å². The maximum atomic E-state index is 6.34. The molecule has 21 heavy (non-hydrogen) atoms. The Bertz CT molecular complexity index is 455. The molecule has 0 aromatic heterocycles. The van der Waals surface area contributed by atoms with Gasteiger partial charge in [0.2, 0.25) is 0 Å². The monoisotopic (exact) mass is 310 g/mol. The molecule has 1 rings (SSSR count). The molecule has 0 saturated heterocycles. The number of benzene rings is 1. The van der Waals surface area contributed by atoms with Gasteiger partial charge < -0.3 is 9.47 Å². The summed E-state index contributed by atoms with van der Waals surface area (Å²) in [6, 6.07) is 3.93. The maximum Gasteiger partial charge on any atom is 0.141 e. The van der Waals surface area contributed by atoms with Crippen molar-refractivity contribution >= 4 is 11.6 Å². The summed E-state index contributed by atoms with van der Waals surface area (Å²) in [5.74, 6) is 2.01. The van der Waals surface area contributed by atoms with Crippen LogP contribution in [-0.4, -0.2) is 13.2 Å². The lowest BCUT2D eigenvalue weighted by molar-refractivity contribution is 0.319. The van der Waals surface area contributed by atoms with Gasteiger partial charge in [0, 0.05) is 6.07 Å². The Kier molecular flexibility index (Phi) is 8.29. The zero-order valence-corrected chi connectivity index (χ0v) is 14.4. The van der Waals surface area contributed by atoms with Gasteiger partial charge in [-0.25, -0.2) is 0 Å². The molecule has 0 aliphatic rings. The first-order valence-electron chi connectivity index (χ1n) is 7.91. The molecule has 118 valence electrons. The molecule has 1 aromatic rings. The van der Waals surface area contributed by atoms with Crippen molar-refractivity contribution < 1.29 is 9.47 Å². The minimum atomic E-state index is 0.419. The second kappa shape index (κ2) is 9.73. The quantitative estimate of drug-likeness (QED) is 0.522. The first kappa shape index (κ1) is 17.9. The number of halogens is 1. The maximum absolute atomic E-state index is 6.34. The fourth-order valence-corrected chi connectivity index (χ4v) is 2.58. The molecule has 3 heteroatoms. The average Bonchev–Trinajstić information content (AvgIpc) is 2.48. The Morgan fingerprint density at radius 3 is 2.24 bits per heavy atom. The summed E-state index contributed by atoms with van der Waals surface area (Å²) in [6.07, 6.45) is 7.58. The molecule has 0 bridgehead atoms. The third-order valence-electron chi connectivity index (χ3n) is 3.42. The van der Waals surface area contributed by atoms with Crippen molar-refractivity contribution in [3.05, 3.63) is 34.9 Å². The van der Waals surface area contributed by atoms with Gasteiger partial charge in [0.05, 0.1) is 18.2 Å². The molecule has 0 saturated carbocycles. The van der Waals surface area contributed by atoms with E-state index in [0.29, 0.717) is 29.9 Å². The highest BCUT2D eigenvalue weighted by atomic mass is 35.5. The van der Waals surface area contributed by atoms with Crippen LogP contribution < -0.4 is 9.47 Å². The Hall–Kier alpha value is -1.15. The molecule has 0 aliphatic carbocycles. The molecule has 1 unspecified atom stereocenters. The number of rotatable bonds is 9. The van der Waals surface area contributed by atoms with Crippen LogP contribution in [0.5, 0.6) is 11.5 Å². The number of hydrogen-bond donors (Lipinski definition) is 0. The Labute approximate surface area is 134 Å². The highest BCUT2D eigenvalue weighted by molar-refractivity contribution is 6.32. The third kappa shape index (κ3) is 5.28. The molecule has 2 nitrogen and oxygen atoms in total. The molecular weight excluding hydrogens is 284 g/mol. The van der Waals surface area contributed by atoms with E-state index in [1.54, 1.807) is 0 Å². The Balaban J connectivity index is 3.11. The van der Waals surface area contributed by atoms with Crippen molar-refractivity contribution in [3.8, 4) is 11.5 Å². The van der Waals surface area contributed by atoms with Gasteiger partial charge in [-0.1, -0.05) is 37.6 Å². The SMILES string of the molecule is CC/C=C\CC(CC)c1cc(Cl)c(OCC)cc1OCC. The highest BCUT2D eigenvalue weighted by Gasteiger charge is 2.17. The second-order valence-corrected chi connectivity index (χ2v) is 5.31. The largest absolute Gasteiger partial charge is 0.493 e. The van der Waals surface area contributed by atoms with Gasteiger partial charge >= 0.3 is 0 Å². The number of hydrogen-bond acceptors (Lipinski definition) is 2. The topological polar surface area (TPSA) is 18.5 Å². The lowest BCUT2D eigenvalue weighted by Crippen LogP contribution is -2.04. The van der Waals surface area contributed by atoms with Crippen molar-refractivity contribution in [1.82, 2.24) is 0 Å². The van der Waals surface area contributed by atoms with E-state index in [1.165, 1.54) is 5.56 Å². The van der Waals surface area contributed by atoms with Gasteiger partial charge in [0.15, 0.2) is 0 Å². The van der Waals surface area contributed by atoms with Crippen LogP contribution in [0.25, 0.3) is 0 Å². The van der Waals surface area contributed by atoms with Crippen molar-refractivity contribution in [2.45, 2.75) is 52.9 Å². The minimum absolute atomic E-state index is 0.419. The summed E-state index contributed by atoms with van der Waals surface area (Å²) in [4.78, 5) is 0. The van der Waals surface area contributed by atoms with Crippen LogP contribution in [0.2, 0.25) is 5.02 Å². The van der Waals surface area contributed by atoms with E-state index in [4.69, 9.17) is 21.1 Å². The smallest absolute Gasteiger partial charge is 0.141 e. The normalized spacial score (nSPS) is 12.6. The molecule has 0 N–H and O–H groups in total. The Morgan fingerprint density at radius 1 is 1.00 bits per heavy atom. The molecule has 0 heterocycles. The van der Waals surface area contributed by atoms with Crippen LogP contribution in [-0.2, 0) is 0 Å². The lowest BCUT2D eigenvalue weighted by atomic mass is 9.92. The number of allylic oxidation sites excluding steroid dienone is 2. The third-order valence-corrected chi connectivity index (χ3v) is 3.71.